The molecule has 4 aromatic rings. The third-order valence-corrected chi connectivity index (χ3v) is 5.42. The molecule has 0 fully saturated rings. The smallest absolute Gasteiger partial charge is 0.476 e. The normalized spacial score (nSPS) is 11.6. The van der Waals surface area contributed by atoms with Crippen LogP contribution >= 0.6 is 0 Å². The summed E-state index contributed by atoms with van der Waals surface area (Å²) < 4.78 is 43.6. The van der Waals surface area contributed by atoms with Crippen molar-refractivity contribution < 1.29 is 32.6 Å². The number of rotatable bonds is 6. The zero-order chi connectivity index (χ0) is 25.5. The van der Waals surface area contributed by atoms with Crippen molar-refractivity contribution in [1.82, 2.24) is 14.3 Å². The first-order chi connectivity index (χ1) is 16.5. The number of aromatic nitrogens is 3. The number of aromatic carboxylic acids is 1. The van der Waals surface area contributed by atoms with E-state index in [1.807, 2.05) is 0 Å². The topological polar surface area (TPSA) is 103 Å². The highest BCUT2D eigenvalue weighted by Crippen LogP contribution is 2.26. The minimum atomic E-state index is -4.81. The number of hydrogen-bond donors (Lipinski definition) is 1. The Hall–Kier alpha value is -4.41. The molecule has 35 heavy (non-hydrogen) atoms. The highest BCUT2D eigenvalue weighted by Gasteiger charge is 2.31. The summed E-state index contributed by atoms with van der Waals surface area (Å²) in [6.07, 6.45) is -4.81. The van der Waals surface area contributed by atoms with Crippen molar-refractivity contribution in [2.75, 3.05) is 0 Å². The molecule has 0 atom stereocenters. The molecule has 2 heterocycles. The molecule has 4 rings (SSSR count). The SMILES string of the molecule is Cc1cc(C(=O)Cn2nc(C(=O)O)c3ccccc3c2=O)c(C)n1-c1ccc(OC(F)(F)F)cc1. The molecule has 0 unspecified atom stereocenters. The van der Waals surface area contributed by atoms with Crippen LogP contribution in [0.5, 0.6) is 5.75 Å². The number of nitrogens with zero attached hydrogens (tertiary/aromatic N) is 3. The molecule has 2 aromatic carbocycles. The number of ether oxygens (including phenoxy) is 1. The summed E-state index contributed by atoms with van der Waals surface area (Å²) in [5.41, 5.74) is 0.928. The van der Waals surface area contributed by atoms with Gasteiger partial charge < -0.3 is 14.4 Å². The van der Waals surface area contributed by atoms with Crippen LogP contribution in [0.25, 0.3) is 16.5 Å². The van der Waals surface area contributed by atoms with Gasteiger partial charge in [0, 0.05) is 28.0 Å². The van der Waals surface area contributed by atoms with E-state index in [1.165, 1.54) is 24.3 Å². The monoisotopic (exact) mass is 485 g/mol. The van der Waals surface area contributed by atoms with Crippen molar-refractivity contribution in [1.29, 1.82) is 0 Å². The summed E-state index contributed by atoms with van der Waals surface area (Å²) in [5, 5.41) is 13.7. The number of carboxylic acid groups (broad SMARTS) is 1. The molecule has 2 aromatic heterocycles. The molecule has 11 heteroatoms. The van der Waals surface area contributed by atoms with Gasteiger partial charge in [-0.15, -0.1) is 13.2 Å². The van der Waals surface area contributed by atoms with Crippen molar-refractivity contribution in [3.05, 3.63) is 87.6 Å². The van der Waals surface area contributed by atoms with E-state index in [4.69, 9.17) is 0 Å². The van der Waals surface area contributed by atoms with E-state index in [2.05, 4.69) is 9.84 Å². The van der Waals surface area contributed by atoms with Gasteiger partial charge in [0.15, 0.2) is 11.5 Å². The first-order valence-corrected chi connectivity index (χ1v) is 10.3. The van der Waals surface area contributed by atoms with Gasteiger partial charge in [0.2, 0.25) is 0 Å². The lowest BCUT2D eigenvalue weighted by Gasteiger charge is -2.12. The fourth-order valence-corrected chi connectivity index (χ4v) is 3.96. The summed E-state index contributed by atoms with van der Waals surface area (Å²) in [5.74, 6) is -2.20. The molecule has 0 saturated heterocycles. The number of hydrogen-bond acceptors (Lipinski definition) is 5. The van der Waals surface area contributed by atoms with Crippen molar-refractivity contribution in [2.24, 2.45) is 0 Å². The number of carboxylic acids is 1. The summed E-state index contributed by atoms with van der Waals surface area (Å²) in [6.45, 7) is 2.87. The lowest BCUT2D eigenvalue weighted by Crippen LogP contribution is -2.29. The zero-order valence-corrected chi connectivity index (χ0v) is 18.5. The Morgan fingerprint density at radius 3 is 2.26 bits per heavy atom. The summed E-state index contributed by atoms with van der Waals surface area (Å²) in [6, 6.07) is 12.9. The number of ketones is 1. The number of halogens is 3. The molecule has 0 radical (unpaired) electrons. The molecule has 0 aliphatic heterocycles. The van der Waals surface area contributed by atoms with Crippen molar-refractivity contribution in [3.8, 4) is 11.4 Å². The number of alkyl halides is 3. The van der Waals surface area contributed by atoms with Crippen LogP contribution < -0.4 is 10.3 Å². The van der Waals surface area contributed by atoms with Crippen molar-refractivity contribution >= 4 is 22.5 Å². The van der Waals surface area contributed by atoms with Crippen LogP contribution in [0.2, 0.25) is 0 Å². The standard InChI is InChI=1S/C24H18F3N3O5/c1-13-11-19(14(2)30(13)15-7-9-16(10-8-15)35-24(25,26)27)20(31)12-29-22(32)18-6-4-3-5-17(18)21(28-29)23(33)34/h3-11H,12H2,1-2H3,(H,33,34). The van der Waals surface area contributed by atoms with Crippen LogP contribution in [0.4, 0.5) is 13.2 Å². The van der Waals surface area contributed by atoms with Gasteiger partial charge in [0.1, 0.15) is 12.3 Å². The highest BCUT2D eigenvalue weighted by molar-refractivity contribution is 6.01. The third-order valence-electron chi connectivity index (χ3n) is 5.42. The quantitative estimate of drug-likeness (QED) is 0.409. The second-order valence-electron chi connectivity index (χ2n) is 7.75. The van der Waals surface area contributed by atoms with E-state index in [1.54, 1.807) is 36.6 Å². The molecule has 0 aliphatic carbocycles. The largest absolute Gasteiger partial charge is 0.573 e. The third kappa shape index (κ3) is 4.65. The Balaban J connectivity index is 1.68. The first kappa shape index (κ1) is 23.7. The summed E-state index contributed by atoms with van der Waals surface area (Å²) in [4.78, 5) is 37.6. The minimum absolute atomic E-state index is 0.124. The average molecular weight is 485 g/mol. The number of fused-ring (bicyclic) bond motifs is 1. The van der Waals surface area contributed by atoms with E-state index in [0.29, 0.717) is 17.1 Å². The first-order valence-electron chi connectivity index (χ1n) is 10.3. The van der Waals surface area contributed by atoms with Crippen LogP contribution in [0.1, 0.15) is 32.2 Å². The van der Waals surface area contributed by atoms with E-state index < -0.39 is 30.2 Å². The molecule has 0 amide bonds. The van der Waals surface area contributed by atoms with E-state index in [0.717, 1.165) is 16.8 Å². The molecule has 8 nitrogen and oxygen atoms in total. The maximum Gasteiger partial charge on any atom is 0.573 e. The summed E-state index contributed by atoms with van der Waals surface area (Å²) >= 11 is 0. The van der Waals surface area contributed by atoms with Gasteiger partial charge in [-0.1, -0.05) is 18.2 Å². The molecule has 1 N–H and O–H groups in total. The van der Waals surface area contributed by atoms with Gasteiger partial charge >= 0.3 is 12.3 Å². The van der Waals surface area contributed by atoms with Gasteiger partial charge in [-0.2, -0.15) is 5.10 Å². The molecular weight excluding hydrogens is 467 g/mol. The van der Waals surface area contributed by atoms with Crippen LogP contribution in [-0.2, 0) is 6.54 Å². The van der Waals surface area contributed by atoms with Gasteiger partial charge in [-0.05, 0) is 50.2 Å². The molecule has 0 bridgehead atoms. The van der Waals surface area contributed by atoms with E-state index >= 15 is 0 Å². The van der Waals surface area contributed by atoms with Gasteiger partial charge in [-0.3, -0.25) is 9.59 Å². The Bertz CT molecular complexity index is 1520. The van der Waals surface area contributed by atoms with Crippen LogP contribution in [0.3, 0.4) is 0 Å². The Morgan fingerprint density at radius 1 is 1.03 bits per heavy atom. The van der Waals surface area contributed by atoms with Gasteiger partial charge in [0.25, 0.3) is 5.56 Å². The average Bonchev–Trinajstić information content (AvgIpc) is 3.09. The van der Waals surface area contributed by atoms with Crippen molar-refractivity contribution in [2.45, 2.75) is 26.8 Å². The van der Waals surface area contributed by atoms with Crippen LogP contribution in [-0.4, -0.2) is 37.6 Å². The zero-order valence-electron chi connectivity index (χ0n) is 18.5. The maximum absolute atomic E-state index is 13.1. The number of carbonyl (C=O) groups is 2. The lowest BCUT2D eigenvalue weighted by atomic mass is 10.1. The van der Waals surface area contributed by atoms with E-state index in [9.17, 15) is 32.7 Å². The second-order valence-corrected chi connectivity index (χ2v) is 7.75. The van der Waals surface area contributed by atoms with Gasteiger partial charge in [0.05, 0.1) is 5.39 Å². The second kappa shape index (κ2) is 8.75. The predicted molar refractivity (Wildman–Crippen MR) is 119 cm³/mol. The fraction of sp³-hybridized carbons (Fsp3) is 0.167. The molecular formula is C24H18F3N3O5. The number of Topliss-reactive ketones (excluding diaryl/α,β-unsaturated/α-hetero) is 1. The van der Waals surface area contributed by atoms with Crippen LogP contribution in [0.15, 0.2) is 59.4 Å². The van der Waals surface area contributed by atoms with E-state index in [-0.39, 0.29) is 27.8 Å². The number of carbonyl (C=O) groups excluding carboxylic acids is 1. The lowest BCUT2D eigenvalue weighted by molar-refractivity contribution is -0.274. The number of aryl methyl sites for hydroxylation is 1. The van der Waals surface area contributed by atoms with Gasteiger partial charge in [-0.25, -0.2) is 9.48 Å². The Kier molecular flexibility index (Phi) is 5.93. The molecule has 0 spiro atoms. The minimum Gasteiger partial charge on any atom is -0.476 e. The highest BCUT2D eigenvalue weighted by atomic mass is 19.4. The van der Waals surface area contributed by atoms with Crippen molar-refractivity contribution in [3.63, 3.8) is 0 Å². The Morgan fingerprint density at radius 2 is 1.66 bits per heavy atom. The molecule has 0 saturated carbocycles. The van der Waals surface area contributed by atoms with Crippen LogP contribution in [0, 0.1) is 13.8 Å². The maximum atomic E-state index is 13.1. The molecule has 0 aliphatic rings. The number of benzene rings is 2. The molecule has 180 valence electrons. The predicted octanol–water partition coefficient (Wildman–Crippen LogP) is 4.28. The summed E-state index contributed by atoms with van der Waals surface area (Å²) in [7, 11) is 0. The fourth-order valence-electron chi connectivity index (χ4n) is 3.96. The Labute approximate surface area is 195 Å².